The molecule has 1 aromatic carbocycles. The molecule has 1 fully saturated rings. The predicted octanol–water partition coefficient (Wildman–Crippen LogP) is 1.67. The number of methoxy groups -OCH3 is 1. The molecule has 0 N–H and O–H groups in total. The van der Waals surface area contributed by atoms with E-state index in [9.17, 15) is 16.8 Å². The van der Waals surface area contributed by atoms with E-state index in [-0.39, 0.29) is 23.7 Å². The first-order chi connectivity index (χ1) is 10.8. The van der Waals surface area contributed by atoms with Gasteiger partial charge in [-0.3, -0.25) is 0 Å². The van der Waals surface area contributed by atoms with E-state index in [0.29, 0.717) is 25.0 Å². The molecule has 1 saturated heterocycles. The van der Waals surface area contributed by atoms with Crippen LogP contribution in [0.4, 0.5) is 0 Å². The molecule has 0 radical (unpaired) electrons. The lowest BCUT2D eigenvalue weighted by molar-refractivity contribution is 0.345. The summed E-state index contributed by atoms with van der Waals surface area (Å²) in [6, 6.07) is 6.31. The molecule has 0 bridgehead atoms. The molecule has 8 heteroatoms. The number of ether oxygens (including phenoxy) is 1. The predicted molar refractivity (Wildman–Crippen MR) is 88.9 cm³/mol. The van der Waals surface area contributed by atoms with Crippen molar-refractivity contribution >= 4 is 19.9 Å². The van der Waals surface area contributed by atoms with Crippen LogP contribution in [0.25, 0.3) is 0 Å². The quantitative estimate of drug-likeness (QED) is 0.770. The Bertz CT molecular complexity index is 718. The van der Waals surface area contributed by atoms with Crippen LogP contribution < -0.4 is 4.74 Å². The largest absolute Gasteiger partial charge is 0.497 e. The van der Waals surface area contributed by atoms with Crippen molar-refractivity contribution in [1.82, 2.24) is 4.31 Å². The minimum absolute atomic E-state index is 0.114. The molecule has 1 aliphatic heterocycles. The first-order valence-corrected chi connectivity index (χ1v) is 10.8. The number of nitrogens with zero attached hydrogens (tertiary/aromatic N) is 1. The van der Waals surface area contributed by atoms with Gasteiger partial charge in [0, 0.05) is 13.1 Å². The van der Waals surface area contributed by atoms with Crippen LogP contribution >= 0.6 is 0 Å². The van der Waals surface area contributed by atoms with Crippen molar-refractivity contribution in [2.75, 3.05) is 26.0 Å². The second kappa shape index (κ2) is 7.19. The van der Waals surface area contributed by atoms with Crippen molar-refractivity contribution in [2.45, 2.75) is 36.3 Å². The van der Waals surface area contributed by atoms with E-state index < -0.39 is 25.1 Å². The molecule has 0 atom stereocenters. The van der Waals surface area contributed by atoms with Gasteiger partial charge in [0.2, 0.25) is 10.0 Å². The van der Waals surface area contributed by atoms with Gasteiger partial charge in [0.05, 0.1) is 23.0 Å². The summed E-state index contributed by atoms with van der Waals surface area (Å²) in [5, 5.41) is -0.538. The van der Waals surface area contributed by atoms with E-state index in [0.717, 1.165) is 0 Å². The van der Waals surface area contributed by atoms with Crippen LogP contribution in [0.15, 0.2) is 29.2 Å². The summed E-state index contributed by atoms with van der Waals surface area (Å²) in [5.41, 5.74) is 0. The summed E-state index contributed by atoms with van der Waals surface area (Å²) in [4.78, 5) is 0.258. The summed E-state index contributed by atoms with van der Waals surface area (Å²) >= 11 is 0. The van der Waals surface area contributed by atoms with Crippen molar-refractivity contribution < 1.29 is 21.6 Å². The van der Waals surface area contributed by atoms with Gasteiger partial charge in [0.1, 0.15) is 5.75 Å². The number of piperidine rings is 1. The lowest BCUT2D eigenvalue weighted by Gasteiger charge is -2.30. The molecule has 130 valence electrons. The normalized spacial score (nSPS) is 18.0. The zero-order valence-corrected chi connectivity index (χ0v) is 15.1. The van der Waals surface area contributed by atoms with Crippen molar-refractivity contribution in [3.63, 3.8) is 0 Å². The Balaban J connectivity index is 2.09. The monoisotopic (exact) mass is 361 g/mol. The highest BCUT2D eigenvalue weighted by atomic mass is 32.2. The Labute approximate surface area is 138 Å². The molecule has 1 aliphatic rings. The number of sulfonamides is 1. The maximum absolute atomic E-state index is 12.7. The first kappa shape index (κ1) is 18.2. The third-order valence-corrected chi connectivity index (χ3v) is 8.44. The van der Waals surface area contributed by atoms with E-state index in [4.69, 9.17) is 4.74 Å². The van der Waals surface area contributed by atoms with Crippen LogP contribution in [0.3, 0.4) is 0 Å². The Kier molecular flexibility index (Phi) is 5.70. The van der Waals surface area contributed by atoms with Gasteiger partial charge >= 0.3 is 0 Å². The van der Waals surface area contributed by atoms with Crippen LogP contribution in [0.2, 0.25) is 0 Å². The molecule has 23 heavy (non-hydrogen) atoms. The Morgan fingerprint density at radius 2 is 1.65 bits per heavy atom. The molecule has 0 saturated carbocycles. The number of sulfone groups is 1. The van der Waals surface area contributed by atoms with Gasteiger partial charge in [-0.1, -0.05) is 6.92 Å². The molecule has 1 heterocycles. The number of hydrogen-bond donors (Lipinski definition) is 0. The third kappa shape index (κ3) is 4.05. The van der Waals surface area contributed by atoms with Crippen molar-refractivity contribution in [3.05, 3.63) is 24.3 Å². The van der Waals surface area contributed by atoms with E-state index in [1.807, 2.05) is 6.92 Å². The highest BCUT2D eigenvalue weighted by Gasteiger charge is 2.34. The summed E-state index contributed by atoms with van der Waals surface area (Å²) < 4.78 is 55.9. The average molecular weight is 361 g/mol. The fourth-order valence-electron chi connectivity index (χ4n) is 2.77. The minimum Gasteiger partial charge on any atom is -0.497 e. The maximum Gasteiger partial charge on any atom is 0.214 e. The van der Waals surface area contributed by atoms with Gasteiger partial charge in [0.15, 0.2) is 9.84 Å². The van der Waals surface area contributed by atoms with Crippen LogP contribution in [-0.4, -0.2) is 52.3 Å². The highest BCUT2D eigenvalue weighted by molar-refractivity contribution is 7.92. The fraction of sp³-hybridized carbons (Fsp3) is 0.600. The summed E-state index contributed by atoms with van der Waals surface area (Å²) in [5.74, 6) is 0.715. The molecule has 2 rings (SSSR count). The maximum atomic E-state index is 12.7. The fourth-order valence-corrected chi connectivity index (χ4v) is 6.04. The van der Waals surface area contributed by atoms with E-state index in [1.54, 1.807) is 12.1 Å². The molecule has 0 amide bonds. The summed E-state index contributed by atoms with van der Waals surface area (Å²) in [6.07, 6.45) is 1.22. The lowest BCUT2D eigenvalue weighted by atomic mass is 10.2. The average Bonchev–Trinajstić information content (AvgIpc) is 2.55. The molecular weight excluding hydrogens is 338 g/mol. The van der Waals surface area contributed by atoms with E-state index in [2.05, 4.69) is 0 Å². The van der Waals surface area contributed by atoms with E-state index in [1.165, 1.54) is 23.5 Å². The van der Waals surface area contributed by atoms with Crippen molar-refractivity contribution in [3.8, 4) is 5.75 Å². The van der Waals surface area contributed by atoms with Crippen LogP contribution in [0.5, 0.6) is 5.75 Å². The first-order valence-electron chi connectivity index (χ1n) is 7.67. The van der Waals surface area contributed by atoms with Gasteiger partial charge in [-0.15, -0.1) is 0 Å². The molecule has 0 aliphatic carbocycles. The molecule has 6 nitrogen and oxygen atoms in total. The van der Waals surface area contributed by atoms with Crippen LogP contribution in [-0.2, 0) is 19.9 Å². The topological polar surface area (TPSA) is 80.8 Å². The van der Waals surface area contributed by atoms with Crippen LogP contribution in [0, 0.1) is 0 Å². The smallest absolute Gasteiger partial charge is 0.214 e. The number of benzene rings is 1. The molecule has 0 spiro atoms. The second-order valence-corrected chi connectivity index (χ2v) is 9.95. The zero-order valence-electron chi connectivity index (χ0n) is 13.4. The Morgan fingerprint density at radius 3 is 2.13 bits per heavy atom. The molecular formula is C15H23NO5S2. The number of rotatable bonds is 6. The summed E-state index contributed by atoms with van der Waals surface area (Å²) in [6.45, 7) is 2.35. The Morgan fingerprint density at radius 1 is 1.09 bits per heavy atom. The van der Waals surface area contributed by atoms with Gasteiger partial charge in [-0.2, -0.15) is 0 Å². The minimum atomic E-state index is -3.45. The lowest BCUT2D eigenvalue weighted by Crippen LogP contribution is -2.43. The standard InChI is InChI=1S/C15H23NO5S2/c1-3-12-22(17,18)16-10-8-15(9-11-16)23(19,20)14-6-4-13(21-2)5-7-14/h4-7,15H,3,8-12H2,1-2H3. The summed E-state index contributed by atoms with van der Waals surface area (Å²) in [7, 11) is -5.18. The van der Waals surface area contributed by atoms with Crippen molar-refractivity contribution in [2.24, 2.45) is 0 Å². The second-order valence-electron chi connectivity index (χ2n) is 5.63. The molecule has 0 unspecified atom stereocenters. The van der Waals surface area contributed by atoms with Gasteiger partial charge < -0.3 is 4.74 Å². The third-order valence-electron chi connectivity index (χ3n) is 4.08. The zero-order chi connectivity index (χ0) is 17.1. The highest BCUT2D eigenvalue weighted by Crippen LogP contribution is 2.27. The Hall–Kier alpha value is -1.12. The van der Waals surface area contributed by atoms with Crippen LogP contribution in [0.1, 0.15) is 26.2 Å². The van der Waals surface area contributed by atoms with E-state index >= 15 is 0 Å². The SMILES string of the molecule is CCCS(=O)(=O)N1CCC(S(=O)(=O)c2ccc(OC)cc2)CC1. The van der Waals surface area contributed by atoms with Gasteiger partial charge in [-0.05, 0) is 43.5 Å². The number of hydrogen-bond acceptors (Lipinski definition) is 5. The van der Waals surface area contributed by atoms with Gasteiger partial charge in [0.25, 0.3) is 0 Å². The molecule has 0 aromatic heterocycles. The van der Waals surface area contributed by atoms with Crippen molar-refractivity contribution in [1.29, 1.82) is 0 Å². The van der Waals surface area contributed by atoms with Gasteiger partial charge in [-0.25, -0.2) is 21.1 Å². The molecule has 1 aromatic rings.